The molecule has 1 aromatic heterocycles. The zero-order valence-electron chi connectivity index (χ0n) is 10.7. The van der Waals surface area contributed by atoms with Gasteiger partial charge in [-0.2, -0.15) is 0 Å². The number of nitrogens with zero attached hydrogens (tertiary/aromatic N) is 2. The minimum Gasteiger partial charge on any atom is -0.394 e. The summed E-state index contributed by atoms with van der Waals surface area (Å²) in [5.41, 5.74) is 7.92. The first-order chi connectivity index (χ1) is 8.74. The van der Waals surface area contributed by atoms with Crippen LogP contribution in [-0.4, -0.2) is 42.5 Å². The number of pyridine rings is 1. The Labute approximate surface area is 108 Å². The average molecular weight is 251 g/mol. The third-order valence-corrected chi connectivity index (χ3v) is 3.30. The quantitative estimate of drug-likeness (QED) is 0.823. The zero-order valence-corrected chi connectivity index (χ0v) is 10.7. The minimum atomic E-state index is -0.101. The Morgan fingerprint density at radius 3 is 3.06 bits per heavy atom. The maximum Gasteiger partial charge on any atom is 0.0980 e. The number of anilines is 1. The van der Waals surface area contributed by atoms with Gasteiger partial charge in [-0.25, -0.2) is 0 Å². The first-order valence-electron chi connectivity index (χ1n) is 6.43. The lowest BCUT2D eigenvalue weighted by molar-refractivity contribution is 0.00355. The standard InChI is InChI=1S/C13H21N3O2/c1-2-12(14)13-4-3-10(7-15-13)16-5-6-18-11(8-16)9-17/h3-4,7,11-12,17H,2,5-6,8-9,14H2,1H3. The van der Waals surface area contributed by atoms with Crippen molar-refractivity contribution in [2.45, 2.75) is 25.5 Å². The Bertz CT molecular complexity index is 369. The van der Waals surface area contributed by atoms with E-state index in [4.69, 9.17) is 15.6 Å². The lowest BCUT2D eigenvalue weighted by atomic mass is 10.1. The van der Waals surface area contributed by atoms with E-state index in [9.17, 15) is 0 Å². The second-order valence-corrected chi connectivity index (χ2v) is 4.58. The molecule has 1 saturated heterocycles. The summed E-state index contributed by atoms with van der Waals surface area (Å²) in [5.74, 6) is 0. The number of morpholine rings is 1. The fraction of sp³-hybridized carbons (Fsp3) is 0.615. The van der Waals surface area contributed by atoms with Crippen LogP contribution in [0, 0.1) is 0 Å². The topological polar surface area (TPSA) is 71.6 Å². The molecule has 3 N–H and O–H groups in total. The molecule has 0 spiro atoms. The second kappa shape index (κ2) is 6.13. The van der Waals surface area contributed by atoms with Crippen LogP contribution in [0.4, 0.5) is 5.69 Å². The van der Waals surface area contributed by atoms with Gasteiger partial charge in [-0.05, 0) is 18.6 Å². The number of hydrogen-bond donors (Lipinski definition) is 2. The number of aliphatic hydroxyl groups is 1. The van der Waals surface area contributed by atoms with E-state index in [1.165, 1.54) is 0 Å². The monoisotopic (exact) mass is 251 g/mol. The Morgan fingerprint density at radius 2 is 2.44 bits per heavy atom. The van der Waals surface area contributed by atoms with E-state index in [1.807, 2.05) is 25.3 Å². The van der Waals surface area contributed by atoms with Gasteiger partial charge >= 0.3 is 0 Å². The van der Waals surface area contributed by atoms with E-state index in [2.05, 4.69) is 9.88 Å². The van der Waals surface area contributed by atoms with Gasteiger partial charge in [0.15, 0.2) is 0 Å². The fourth-order valence-electron chi connectivity index (χ4n) is 2.08. The van der Waals surface area contributed by atoms with Crippen LogP contribution in [0.15, 0.2) is 18.3 Å². The zero-order chi connectivity index (χ0) is 13.0. The van der Waals surface area contributed by atoms with E-state index >= 15 is 0 Å². The van der Waals surface area contributed by atoms with Crippen LogP contribution < -0.4 is 10.6 Å². The molecule has 1 fully saturated rings. The van der Waals surface area contributed by atoms with Gasteiger partial charge in [-0.1, -0.05) is 6.92 Å². The van der Waals surface area contributed by atoms with E-state index < -0.39 is 0 Å². The Balaban J connectivity index is 2.04. The molecule has 2 atom stereocenters. The Kier molecular flexibility index (Phi) is 4.52. The van der Waals surface area contributed by atoms with Crippen molar-refractivity contribution >= 4 is 5.69 Å². The Hall–Kier alpha value is -1.17. The smallest absolute Gasteiger partial charge is 0.0980 e. The highest BCUT2D eigenvalue weighted by atomic mass is 16.5. The summed E-state index contributed by atoms with van der Waals surface area (Å²) >= 11 is 0. The molecular formula is C13H21N3O2. The third kappa shape index (κ3) is 2.98. The molecule has 1 aromatic rings. The normalized spacial score (nSPS) is 21.9. The molecule has 0 bridgehead atoms. The fourth-order valence-corrected chi connectivity index (χ4v) is 2.08. The third-order valence-electron chi connectivity index (χ3n) is 3.30. The minimum absolute atomic E-state index is 0.00827. The Morgan fingerprint density at radius 1 is 1.61 bits per heavy atom. The van der Waals surface area contributed by atoms with Crippen molar-refractivity contribution in [2.75, 3.05) is 31.2 Å². The van der Waals surface area contributed by atoms with Gasteiger partial charge in [0.05, 0.1) is 36.9 Å². The number of ether oxygens (including phenoxy) is 1. The lowest BCUT2D eigenvalue weighted by Gasteiger charge is -2.33. The lowest BCUT2D eigenvalue weighted by Crippen LogP contribution is -2.44. The summed E-state index contributed by atoms with van der Waals surface area (Å²) in [6.45, 7) is 4.28. The molecule has 0 aromatic carbocycles. The summed E-state index contributed by atoms with van der Waals surface area (Å²) in [6, 6.07) is 4.03. The van der Waals surface area contributed by atoms with Crippen LogP contribution in [-0.2, 0) is 4.74 Å². The number of nitrogens with two attached hydrogens (primary N) is 1. The summed E-state index contributed by atoms with van der Waals surface area (Å²) in [4.78, 5) is 6.58. The van der Waals surface area contributed by atoms with Gasteiger partial charge in [-0.15, -0.1) is 0 Å². The average Bonchev–Trinajstić information content (AvgIpc) is 2.46. The molecule has 2 rings (SSSR count). The van der Waals surface area contributed by atoms with Gasteiger partial charge in [-0.3, -0.25) is 4.98 Å². The summed E-state index contributed by atoms with van der Waals surface area (Å²) < 4.78 is 5.43. The van der Waals surface area contributed by atoms with Crippen LogP contribution in [0.2, 0.25) is 0 Å². The molecule has 5 heteroatoms. The van der Waals surface area contributed by atoms with Crippen molar-refractivity contribution in [3.8, 4) is 0 Å². The molecule has 18 heavy (non-hydrogen) atoms. The van der Waals surface area contributed by atoms with Crippen LogP contribution >= 0.6 is 0 Å². The van der Waals surface area contributed by atoms with Crippen LogP contribution in [0.5, 0.6) is 0 Å². The maximum atomic E-state index is 9.12. The molecule has 0 saturated carbocycles. The number of hydrogen-bond acceptors (Lipinski definition) is 5. The molecule has 0 amide bonds. The summed E-state index contributed by atoms with van der Waals surface area (Å²) in [6.07, 6.45) is 2.64. The van der Waals surface area contributed by atoms with Crippen LogP contribution in [0.25, 0.3) is 0 Å². The second-order valence-electron chi connectivity index (χ2n) is 4.58. The van der Waals surface area contributed by atoms with Crippen molar-refractivity contribution in [3.63, 3.8) is 0 Å². The van der Waals surface area contributed by atoms with Crippen molar-refractivity contribution < 1.29 is 9.84 Å². The van der Waals surface area contributed by atoms with Gasteiger partial charge in [0, 0.05) is 19.1 Å². The number of aromatic nitrogens is 1. The van der Waals surface area contributed by atoms with Gasteiger partial charge in [0.1, 0.15) is 0 Å². The van der Waals surface area contributed by atoms with E-state index in [1.54, 1.807) is 0 Å². The molecule has 100 valence electrons. The highest BCUT2D eigenvalue weighted by Gasteiger charge is 2.20. The van der Waals surface area contributed by atoms with Gasteiger partial charge in [0.2, 0.25) is 0 Å². The van der Waals surface area contributed by atoms with Crippen molar-refractivity contribution in [2.24, 2.45) is 5.73 Å². The molecule has 0 aliphatic carbocycles. The predicted octanol–water partition coefficient (Wildman–Crippen LogP) is 0.689. The van der Waals surface area contributed by atoms with Crippen molar-refractivity contribution in [1.29, 1.82) is 0 Å². The molecule has 2 unspecified atom stereocenters. The molecule has 1 aliphatic rings. The summed E-state index contributed by atoms with van der Waals surface area (Å²) in [5, 5.41) is 9.12. The SMILES string of the molecule is CCC(N)c1ccc(N2CCOC(CO)C2)cn1. The molecule has 1 aliphatic heterocycles. The summed E-state index contributed by atoms with van der Waals surface area (Å²) in [7, 11) is 0. The first kappa shape index (κ1) is 13.3. The molecular weight excluding hydrogens is 230 g/mol. The molecule has 5 nitrogen and oxygen atoms in total. The van der Waals surface area contributed by atoms with Crippen LogP contribution in [0.3, 0.4) is 0 Å². The number of rotatable bonds is 4. The first-order valence-corrected chi connectivity index (χ1v) is 6.43. The van der Waals surface area contributed by atoms with Crippen molar-refractivity contribution in [1.82, 2.24) is 4.98 Å². The van der Waals surface area contributed by atoms with E-state index in [0.717, 1.165) is 24.3 Å². The van der Waals surface area contributed by atoms with E-state index in [-0.39, 0.29) is 18.8 Å². The predicted molar refractivity (Wildman–Crippen MR) is 70.5 cm³/mol. The largest absolute Gasteiger partial charge is 0.394 e. The molecule has 2 heterocycles. The van der Waals surface area contributed by atoms with Crippen molar-refractivity contribution in [3.05, 3.63) is 24.0 Å². The van der Waals surface area contributed by atoms with Crippen LogP contribution in [0.1, 0.15) is 25.1 Å². The highest BCUT2D eigenvalue weighted by Crippen LogP contribution is 2.19. The number of aliphatic hydroxyl groups excluding tert-OH is 1. The highest BCUT2D eigenvalue weighted by molar-refractivity contribution is 5.45. The van der Waals surface area contributed by atoms with Gasteiger partial charge < -0.3 is 20.5 Å². The van der Waals surface area contributed by atoms with E-state index in [0.29, 0.717) is 13.2 Å². The van der Waals surface area contributed by atoms with Gasteiger partial charge in [0.25, 0.3) is 0 Å². The maximum absolute atomic E-state index is 9.12. The molecule has 0 radical (unpaired) electrons.